The summed E-state index contributed by atoms with van der Waals surface area (Å²) in [5.74, 6) is -0.0357. The van der Waals surface area contributed by atoms with E-state index in [-0.39, 0.29) is 17.9 Å². The summed E-state index contributed by atoms with van der Waals surface area (Å²) in [6.07, 6.45) is 6.28. The number of nitriles is 1. The smallest absolute Gasteiger partial charge is 0.318 e. The standard InChI is InChI=1S/C20H28N4O2.C2H4/c1-5-15(4)16-6-10-24(11-7-16)19(26)22-17(12-14(2)3)18(25)23-20(13-21)8-9-20;1-2/h5-6,14,17H,1,4,7-12H2,2-3H3,(H,22,26)(H,23,25);1-2H2. The van der Waals surface area contributed by atoms with Crippen LogP contribution in [0.1, 0.15) is 39.5 Å². The molecule has 152 valence electrons. The number of nitrogens with one attached hydrogen (secondary N) is 2. The van der Waals surface area contributed by atoms with Crippen LogP contribution in [-0.2, 0) is 4.79 Å². The molecule has 1 aliphatic heterocycles. The van der Waals surface area contributed by atoms with Gasteiger partial charge in [0.15, 0.2) is 0 Å². The Morgan fingerprint density at radius 3 is 2.46 bits per heavy atom. The molecule has 1 unspecified atom stereocenters. The Balaban J connectivity index is 0.00000190. The van der Waals surface area contributed by atoms with E-state index in [0.717, 1.165) is 17.6 Å². The molecule has 28 heavy (non-hydrogen) atoms. The number of rotatable bonds is 7. The first-order valence-corrected chi connectivity index (χ1v) is 9.59. The van der Waals surface area contributed by atoms with Gasteiger partial charge in [-0.25, -0.2) is 4.79 Å². The van der Waals surface area contributed by atoms with Crippen LogP contribution in [0.15, 0.2) is 49.6 Å². The fourth-order valence-electron chi connectivity index (χ4n) is 2.93. The minimum absolute atomic E-state index is 0.243. The number of urea groups is 1. The number of nitrogens with zero attached hydrogens (tertiary/aromatic N) is 2. The van der Waals surface area contributed by atoms with Crippen molar-refractivity contribution >= 4 is 11.9 Å². The van der Waals surface area contributed by atoms with Gasteiger partial charge in [0.05, 0.1) is 6.07 Å². The van der Waals surface area contributed by atoms with Crippen LogP contribution in [0.5, 0.6) is 0 Å². The molecular weight excluding hydrogens is 352 g/mol. The van der Waals surface area contributed by atoms with Crippen molar-refractivity contribution in [3.8, 4) is 6.07 Å². The predicted octanol–water partition coefficient (Wildman–Crippen LogP) is 3.46. The highest BCUT2D eigenvalue weighted by Crippen LogP contribution is 2.34. The third kappa shape index (κ3) is 6.41. The normalized spacial score (nSPS) is 17.8. The third-order valence-corrected chi connectivity index (χ3v) is 4.80. The summed E-state index contributed by atoms with van der Waals surface area (Å²) in [7, 11) is 0. The Morgan fingerprint density at radius 2 is 2.04 bits per heavy atom. The van der Waals surface area contributed by atoms with Crippen molar-refractivity contribution in [2.45, 2.75) is 51.1 Å². The molecule has 6 heteroatoms. The lowest BCUT2D eigenvalue weighted by Crippen LogP contribution is -2.54. The fourth-order valence-corrected chi connectivity index (χ4v) is 2.93. The molecule has 0 aromatic heterocycles. The molecule has 6 nitrogen and oxygen atoms in total. The maximum atomic E-state index is 12.6. The van der Waals surface area contributed by atoms with E-state index in [2.05, 4.69) is 43.0 Å². The molecule has 3 amide bonds. The Kier molecular flexibility index (Phi) is 8.72. The molecule has 1 heterocycles. The third-order valence-electron chi connectivity index (χ3n) is 4.80. The van der Waals surface area contributed by atoms with Crippen molar-refractivity contribution in [3.05, 3.63) is 49.6 Å². The van der Waals surface area contributed by atoms with Crippen molar-refractivity contribution in [2.24, 2.45) is 5.92 Å². The van der Waals surface area contributed by atoms with E-state index in [1.165, 1.54) is 0 Å². The zero-order valence-electron chi connectivity index (χ0n) is 17.1. The number of carbonyl (C=O) groups excluding carboxylic acids is 2. The first kappa shape index (κ1) is 23.2. The average molecular weight is 385 g/mol. The van der Waals surface area contributed by atoms with Gasteiger partial charge in [-0.3, -0.25) is 4.79 Å². The number of amides is 3. The number of hydrogen-bond acceptors (Lipinski definition) is 3. The van der Waals surface area contributed by atoms with Crippen LogP contribution in [0.2, 0.25) is 0 Å². The van der Waals surface area contributed by atoms with Gasteiger partial charge >= 0.3 is 6.03 Å². The lowest BCUT2D eigenvalue weighted by atomic mass is 10.0. The zero-order chi connectivity index (χ0) is 21.3. The van der Waals surface area contributed by atoms with E-state index >= 15 is 0 Å². The summed E-state index contributed by atoms with van der Waals surface area (Å²) in [6, 6.07) is 1.26. The van der Waals surface area contributed by atoms with Gasteiger partial charge in [-0.1, -0.05) is 39.2 Å². The topological polar surface area (TPSA) is 85.2 Å². The van der Waals surface area contributed by atoms with E-state index < -0.39 is 11.6 Å². The van der Waals surface area contributed by atoms with Gasteiger partial charge in [0.2, 0.25) is 5.91 Å². The summed E-state index contributed by atoms with van der Waals surface area (Å²) in [4.78, 5) is 26.8. The van der Waals surface area contributed by atoms with E-state index in [9.17, 15) is 9.59 Å². The van der Waals surface area contributed by atoms with E-state index in [1.54, 1.807) is 11.0 Å². The minimum atomic E-state index is -0.731. The predicted molar refractivity (Wildman–Crippen MR) is 112 cm³/mol. The number of allylic oxidation sites excluding steroid dienone is 2. The van der Waals surface area contributed by atoms with Crippen molar-refractivity contribution in [1.82, 2.24) is 15.5 Å². The molecule has 2 rings (SSSR count). The molecular formula is C22H32N4O2. The summed E-state index contributed by atoms with van der Waals surface area (Å²) in [5, 5.41) is 14.8. The molecule has 0 aromatic rings. The van der Waals surface area contributed by atoms with Crippen LogP contribution in [-0.4, -0.2) is 41.5 Å². The summed E-state index contributed by atoms with van der Waals surface area (Å²) in [6.45, 7) is 18.7. The van der Waals surface area contributed by atoms with Gasteiger partial charge < -0.3 is 15.5 Å². The second-order valence-corrected chi connectivity index (χ2v) is 7.47. The summed E-state index contributed by atoms with van der Waals surface area (Å²) in [5.41, 5.74) is 1.25. The van der Waals surface area contributed by atoms with Crippen LogP contribution < -0.4 is 10.6 Å². The maximum Gasteiger partial charge on any atom is 0.318 e. The Labute approximate surface area is 168 Å². The molecule has 0 radical (unpaired) electrons. The molecule has 1 saturated carbocycles. The fraction of sp³-hybridized carbons (Fsp3) is 0.500. The van der Waals surface area contributed by atoms with Crippen molar-refractivity contribution < 1.29 is 9.59 Å². The molecule has 1 atom stereocenters. The molecule has 2 N–H and O–H groups in total. The monoisotopic (exact) mass is 384 g/mol. The quantitative estimate of drug-likeness (QED) is 0.521. The Morgan fingerprint density at radius 1 is 1.39 bits per heavy atom. The highest BCUT2D eigenvalue weighted by molar-refractivity contribution is 5.88. The Hall–Kier alpha value is -2.81. The van der Waals surface area contributed by atoms with Crippen LogP contribution in [0.25, 0.3) is 0 Å². The van der Waals surface area contributed by atoms with Gasteiger partial charge in [0.1, 0.15) is 11.6 Å². The first-order valence-electron chi connectivity index (χ1n) is 9.59. The molecule has 0 bridgehead atoms. The number of carbonyl (C=O) groups is 2. The Bertz CT molecular complexity index is 683. The van der Waals surface area contributed by atoms with E-state index in [1.807, 2.05) is 19.9 Å². The maximum absolute atomic E-state index is 12.6. The zero-order valence-corrected chi connectivity index (χ0v) is 17.1. The van der Waals surface area contributed by atoms with E-state index in [0.29, 0.717) is 32.4 Å². The van der Waals surface area contributed by atoms with Gasteiger partial charge in [-0.2, -0.15) is 5.26 Å². The average Bonchev–Trinajstić information content (AvgIpc) is 3.48. The summed E-state index contributed by atoms with van der Waals surface area (Å²) < 4.78 is 0. The number of hydrogen-bond donors (Lipinski definition) is 2. The lowest BCUT2D eigenvalue weighted by molar-refractivity contribution is -0.123. The van der Waals surface area contributed by atoms with Crippen LogP contribution >= 0.6 is 0 Å². The molecule has 1 aliphatic carbocycles. The highest BCUT2D eigenvalue weighted by atomic mass is 16.2. The van der Waals surface area contributed by atoms with Gasteiger partial charge in [-0.05, 0) is 42.7 Å². The highest BCUT2D eigenvalue weighted by Gasteiger charge is 2.45. The SMILES string of the molecule is C=C.C=CC(=C)C1=CCN(C(=O)NC(CC(C)C)C(=O)NC2(C#N)CC2)CC1. The minimum Gasteiger partial charge on any atom is -0.336 e. The molecule has 2 aliphatic rings. The van der Waals surface area contributed by atoms with Crippen LogP contribution in [0.3, 0.4) is 0 Å². The van der Waals surface area contributed by atoms with Gasteiger partial charge in [-0.15, -0.1) is 13.2 Å². The molecule has 0 aromatic carbocycles. The van der Waals surface area contributed by atoms with Crippen molar-refractivity contribution in [1.29, 1.82) is 5.26 Å². The van der Waals surface area contributed by atoms with Crippen molar-refractivity contribution in [3.63, 3.8) is 0 Å². The second-order valence-electron chi connectivity index (χ2n) is 7.47. The van der Waals surface area contributed by atoms with Crippen LogP contribution in [0, 0.1) is 17.2 Å². The van der Waals surface area contributed by atoms with Gasteiger partial charge in [0, 0.05) is 13.1 Å². The molecule has 0 spiro atoms. The van der Waals surface area contributed by atoms with E-state index in [4.69, 9.17) is 5.26 Å². The van der Waals surface area contributed by atoms with Crippen LogP contribution in [0.4, 0.5) is 4.79 Å². The van der Waals surface area contributed by atoms with Crippen molar-refractivity contribution in [2.75, 3.05) is 13.1 Å². The van der Waals surface area contributed by atoms with Gasteiger partial charge in [0.25, 0.3) is 0 Å². The summed E-state index contributed by atoms with van der Waals surface area (Å²) >= 11 is 0. The largest absolute Gasteiger partial charge is 0.336 e. The molecule has 0 saturated heterocycles. The second kappa shape index (κ2) is 10.5. The lowest BCUT2D eigenvalue weighted by Gasteiger charge is -2.29. The first-order chi connectivity index (χ1) is 13.3. The molecule has 1 fully saturated rings.